The maximum absolute atomic E-state index is 13.4. The maximum Gasteiger partial charge on any atom is 0.282 e. The number of anilines is 2. The second kappa shape index (κ2) is 9.06. The number of amides is 2. The van der Waals surface area contributed by atoms with Crippen LogP contribution in [0.3, 0.4) is 0 Å². The molecule has 0 spiro atoms. The quantitative estimate of drug-likeness (QED) is 0.499. The first kappa shape index (κ1) is 20.7. The summed E-state index contributed by atoms with van der Waals surface area (Å²) in [6.07, 6.45) is 0.891. The molecule has 3 aromatic rings. The Hall–Kier alpha value is -3.57. The molecule has 0 bridgehead atoms. The lowest BCUT2D eigenvalue weighted by Gasteiger charge is -2.15. The zero-order chi connectivity index (χ0) is 21.8. The Balaban J connectivity index is 1.75. The van der Waals surface area contributed by atoms with E-state index in [4.69, 9.17) is 16.3 Å². The molecule has 3 aromatic carbocycles. The van der Waals surface area contributed by atoms with Crippen molar-refractivity contribution in [1.82, 2.24) is 0 Å². The summed E-state index contributed by atoms with van der Waals surface area (Å²) in [5, 5.41) is 3.60. The predicted octanol–water partition coefficient (Wildman–Crippen LogP) is 5.53. The third-order valence-corrected chi connectivity index (χ3v) is 5.02. The fourth-order valence-electron chi connectivity index (χ4n) is 3.40. The number of carbonyl (C=O) groups excluding carboxylic acids is 2. The second-order valence-electron chi connectivity index (χ2n) is 7.04. The van der Waals surface area contributed by atoms with Crippen molar-refractivity contribution in [2.75, 3.05) is 16.8 Å². The summed E-state index contributed by atoms with van der Waals surface area (Å²) in [6, 6.07) is 23.2. The minimum Gasteiger partial charge on any atom is -0.494 e. The van der Waals surface area contributed by atoms with Gasteiger partial charge in [-0.05, 0) is 42.3 Å². The highest BCUT2D eigenvalue weighted by Crippen LogP contribution is 2.34. The summed E-state index contributed by atoms with van der Waals surface area (Å²) < 4.78 is 5.69. The van der Waals surface area contributed by atoms with Gasteiger partial charge in [0.1, 0.15) is 11.4 Å². The Labute approximate surface area is 185 Å². The van der Waals surface area contributed by atoms with Crippen LogP contribution < -0.4 is 15.0 Å². The van der Waals surface area contributed by atoms with Gasteiger partial charge in [-0.1, -0.05) is 61.0 Å². The van der Waals surface area contributed by atoms with Gasteiger partial charge in [0.2, 0.25) is 0 Å². The first-order valence-corrected chi connectivity index (χ1v) is 10.4. The monoisotopic (exact) mass is 432 g/mol. The van der Waals surface area contributed by atoms with E-state index in [1.165, 1.54) is 0 Å². The Morgan fingerprint density at radius 2 is 1.68 bits per heavy atom. The molecule has 1 N–H and O–H groups in total. The molecule has 0 radical (unpaired) electrons. The summed E-state index contributed by atoms with van der Waals surface area (Å²) in [5.41, 5.74) is 2.26. The highest BCUT2D eigenvalue weighted by atomic mass is 35.5. The van der Waals surface area contributed by atoms with E-state index in [1.54, 1.807) is 24.3 Å². The number of carbonyl (C=O) groups is 2. The topological polar surface area (TPSA) is 58.6 Å². The van der Waals surface area contributed by atoms with Crippen LogP contribution in [0, 0.1) is 0 Å². The molecule has 31 heavy (non-hydrogen) atoms. The number of hydrogen-bond donors (Lipinski definition) is 1. The van der Waals surface area contributed by atoms with E-state index in [0.717, 1.165) is 11.3 Å². The molecule has 0 saturated heterocycles. The standard InChI is InChI=1S/C25H21ClN2O3/c1-2-14-31-21-13-7-11-19(16-21)27-23-22(17-8-4-3-5-9-17)24(29)28(25(23)30)20-12-6-10-18(26)15-20/h3-13,15-16,27H,2,14H2,1H3. The summed E-state index contributed by atoms with van der Waals surface area (Å²) in [5.74, 6) is -0.150. The number of hydrogen-bond acceptors (Lipinski definition) is 4. The van der Waals surface area contributed by atoms with Gasteiger partial charge in [-0.15, -0.1) is 0 Å². The maximum atomic E-state index is 13.4. The minimum atomic E-state index is -0.439. The van der Waals surface area contributed by atoms with Gasteiger partial charge in [0, 0.05) is 16.8 Å². The SMILES string of the molecule is CCCOc1cccc(NC2=C(c3ccccc3)C(=O)N(c3cccc(Cl)c3)C2=O)c1. The van der Waals surface area contributed by atoms with E-state index in [1.807, 2.05) is 61.5 Å². The van der Waals surface area contributed by atoms with Crippen LogP contribution >= 0.6 is 11.6 Å². The molecule has 0 aromatic heterocycles. The van der Waals surface area contributed by atoms with Crippen molar-refractivity contribution in [3.05, 3.63) is 95.1 Å². The van der Waals surface area contributed by atoms with Crippen LogP contribution in [0.4, 0.5) is 11.4 Å². The molecule has 5 nitrogen and oxygen atoms in total. The van der Waals surface area contributed by atoms with Crippen molar-refractivity contribution in [3.63, 3.8) is 0 Å². The number of rotatable bonds is 7. The van der Waals surface area contributed by atoms with E-state index in [0.29, 0.717) is 39.9 Å². The molecule has 0 unspecified atom stereocenters. The van der Waals surface area contributed by atoms with Crippen LogP contribution in [-0.2, 0) is 9.59 Å². The summed E-state index contributed by atoms with van der Waals surface area (Å²) in [7, 11) is 0. The van der Waals surface area contributed by atoms with Crippen molar-refractivity contribution in [1.29, 1.82) is 0 Å². The van der Waals surface area contributed by atoms with Crippen LogP contribution in [0.25, 0.3) is 5.57 Å². The summed E-state index contributed by atoms with van der Waals surface area (Å²) >= 11 is 6.10. The highest BCUT2D eigenvalue weighted by Gasteiger charge is 2.40. The van der Waals surface area contributed by atoms with Crippen LogP contribution in [0.5, 0.6) is 5.75 Å². The summed E-state index contributed by atoms with van der Waals surface area (Å²) in [4.78, 5) is 27.9. The van der Waals surface area contributed by atoms with E-state index < -0.39 is 11.8 Å². The molecule has 0 fully saturated rings. The van der Waals surface area contributed by atoms with Crippen molar-refractivity contribution in [2.24, 2.45) is 0 Å². The Morgan fingerprint density at radius 3 is 2.42 bits per heavy atom. The van der Waals surface area contributed by atoms with E-state index in [-0.39, 0.29) is 5.70 Å². The van der Waals surface area contributed by atoms with E-state index >= 15 is 0 Å². The molecule has 0 saturated carbocycles. The van der Waals surface area contributed by atoms with Crippen LogP contribution in [-0.4, -0.2) is 18.4 Å². The van der Waals surface area contributed by atoms with Crippen LogP contribution in [0.1, 0.15) is 18.9 Å². The molecule has 1 heterocycles. The molecular formula is C25H21ClN2O3. The molecule has 1 aliphatic rings. The average molecular weight is 433 g/mol. The third-order valence-electron chi connectivity index (χ3n) is 4.79. The molecule has 0 atom stereocenters. The lowest BCUT2D eigenvalue weighted by Crippen LogP contribution is -2.32. The smallest absolute Gasteiger partial charge is 0.282 e. The Bertz CT molecular complexity index is 1160. The molecular weight excluding hydrogens is 412 g/mol. The van der Waals surface area contributed by atoms with Gasteiger partial charge in [-0.25, -0.2) is 4.90 Å². The van der Waals surface area contributed by atoms with Crippen molar-refractivity contribution >= 4 is 40.4 Å². The van der Waals surface area contributed by atoms with Crippen LogP contribution in [0.15, 0.2) is 84.6 Å². The minimum absolute atomic E-state index is 0.212. The lowest BCUT2D eigenvalue weighted by molar-refractivity contribution is -0.120. The number of halogens is 1. The normalized spacial score (nSPS) is 13.7. The van der Waals surface area contributed by atoms with Crippen LogP contribution in [0.2, 0.25) is 5.02 Å². The van der Waals surface area contributed by atoms with Gasteiger partial charge in [0.05, 0.1) is 17.9 Å². The predicted molar refractivity (Wildman–Crippen MR) is 123 cm³/mol. The van der Waals surface area contributed by atoms with Gasteiger partial charge >= 0.3 is 0 Å². The number of ether oxygens (including phenoxy) is 1. The Morgan fingerprint density at radius 1 is 0.903 bits per heavy atom. The van der Waals surface area contributed by atoms with Gasteiger partial charge in [-0.2, -0.15) is 0 Å². The third kappa shape index (κ3) is 4.32. The number of nitrogens with one attached hydrogen (secondary N) is 1. The summed E-state index contributed by atoms with van der Waals surface area (Å²) in [6.45, 7) is 2.63. The molecule has 4 rings (SSSR count). The molecule has 6 heteroatoms. The first-order valence-electron chi connectivity index (χ1n) is 10.0. The fourth-order valence-corrected chi connectivity index (χ4v) is 3.58. The largest absolute Gasteiger partial charge is 0.494 e. The second-order valence-corrected chi connectivity index (χ2v) is 7.48. The lowest BCUT2D eigenvalue weighted by atomic mass is 10.0. The molecule has 1 aliphatic heterocycles. The zero-order valence-electron chi connectivity index (χ0n) is 17.0. The molecule has 2 amide bonds. The fraction of sp³-hybridized carbons (Fsp3) is 0.120. The van der Waals surface area contributed by atoms with Gasteiger partial charge < -0.3 is 10.1 Å². The van der Waals surface area contributed by atoms with Gasteiger partial charge in [-0.3, -0.25) is 9.59 Å². The van der Waals surface area contributed by atoms with Crippen molar-refractivity contribution < 1.29 is 14.3 Å². The van der Waals surface area contributed by atoms with Gasteiger partial charge in [0.25, 0.3) is 11.8 Å². The van der Waals surface area contributed by atoms with E-state index in [2.05, 4.69) is 5.32 Å². The number of nitrogens with zero attached hydrogens (tertiary/aromatic N) is 1. The molecule has 0 aliphatic carbocycles. The number of benzene rings is 3. The first-order chi connectivity index (χ1) is 15.1. The van der Waals surface area contributed by atoms with Crippen molar-refractivity contribution in [2.45, 2.75) is 13.3 Å². The van der Waals surface area contributed by atoms with Crippen molar-refractivity contribution in [3.8, 4) is 5.75 Å². The highest BCUT2D eigenvalue weighted by molar-refractivity contribution is 6.46. The number of imide groups is 1. The zero-order valence-corrected chi connectivity index (χ0v) is 17.7. The van der Waals surface area contributed by atoms with E-state index in [9.17, 15) is 9.59 Å². The average Bonchev–Trinajstić information content (AvgIpc) is 3.02. The Kier molecular flexibility index (Phi) is 6.05. The van der Waals surface area contributed by atoms with Gasteiger partial charge in [0.15, 0.2) is 0 Å². The molecule has 156 valence electrons.